The summed E-state index contributed by atoms with van der Waals surface area (Å²) in [5, 5.41) is 18.4. The SMILES string of the molecule is O=C(O)C1(C2CCC(F)(F)CC2)CC(O)C1. The summed E-state index contributed by atoms with van der Waals surface area (Å²) in [6, 6.07) is 0. The Morgan fingerprint density at radius 2 is 1.69 bits per heavy atom. The minimum atomic E-state index is -2.63. The molecule has 0 radical (unpaired) electrons. The smallest absolute Gasteiger partial charge is 0.310 e. The van der Waals surface area contributed by atoms with Crippen LogP contribution in [0.25, 0.3) is 0 Å². The Balaban J connectivity index is 2.04. The van der Waals surface area contributed by atoms with Crippen LogP contribution in [0.2, 0.25) is 0 Å². The number of rotatable bonds is 2. The molecule has 0 bridgehead atoms. The van der Waals surface area contributed by atoms with Crippen molar-refractivity contribution in [1.29, 1.82) is 0 Å². The van der Waals surface area contributed by atoms with Crippen LogP contribution in [0, 0.1) is 11.3 Å². The number of hydrogen-bond donors (Lipinski definition) is 2. The second-order valence-electron chi connectivity index (χ2n) is 5.15. The van der Waals surface area contributed by atoms with Crippen molar-refractivity contribution in [3.8, 4) is 0 Å². The van der Waals surface area contributed by atoms with E-state index in [1.165, 1.54) is 0 Å². The van der Waals surface area contributed by atoms with E-state index in [0.717, 1.165) is 0 Å². The molecule has 0 saturated heterocycles. The van der Waals surface area contributed by atoms with E-state index in [0.29, 0.717) is 0 Å². The summed E-state index contributed by atoms with van der Waals surface area (Å²) in [5.41, 5.74) is -0.935. The highest BCUT2D eigenvalue weighted by Crippen LogP contribution is 2.54. The molecule has 2 N–H and O–H groups in total. The van der Waals surface area contributed by atoms with E-state index in [1.807, 2.05) is 0 Å². The molecular weight excluding hydrogens is 218 g/mol. The van der Waals surface area contributed by atoms with Crippen molar-refractivity contribution >= 4 is 5.97 Å². The maximum atomic E-state index is 13.0. The molecule has 2 aliphatic carbocycles. The zero-order chi connectivity index (χ0) is 12.0. The molecule has 0 aromatic rings. The van der Waals surface area contributed by atoms with Crippen LogP contribution < -0.4 is 0 Å². The molecule has 16 heavy (non-hydrogen) atoms. The van der Waals surface area contributed by atoms with Gasteiger partial charge in [-0.25, -0.2) is 8.78 Å². The summed E-state index contributed by atoms with van der Waals surface area (Å²) in [5.74, 6) is -3.76. The lowest BCUT2D eigenvalue weighted by atomic mass is 9.56. The zero-order valence-electron chi connectivity index (χ0n) is 8.96. The molecule has 0 aromatic heterocycles. The Morgan fingerprint density at radius 1 is 1.19 bits per heavy atom. The van der Waals surface area contributed by atoms with Gasteiger partial charge in [0.1, 0.15) is 0 Å². The highest BCUT2D eigenvalue weighted by Gasteiger charge is 2.56. The van der Waals surface area contributed by atoms with E-state index in [4.69, 9.17) is 0 Å². The van der Waals surface area contributed by atoms with Gasteiger partial charge in [-0.3, -0.25) is 4.79 Å². The van der Waals surface area contributed by atoms with Gasteiger partial charge in [0.25, 0.3) is 0 Å². The molecule has 0 aliphatic heterocycles. The van der Waals surface area contributed by atoms with Crippen molar-refractivity contribution in [3.63, 3.8) is 0 Å². The molecule has 2 fully saturated rings. The van der Waals surface area contributed by atoms with Crippen molar-refractivity contribution < 1.29 is 23.8 Å². The molecule has 0 atom stereocenters. The van der Waals surface area contributed by atoms with Crippen LogP contribution in [0.3, 0.4) is 0 Å². The molecular formula is C11H16F2O3. The molecule has 0 spiro atoms. The number of aliphatic carboxylic acids is 1. The molecule has 92 valence electrons. The van der Waals surface area contributed by atoms with E-state index in [-0.39, 0.29) is 44.4 Å². The second-order valence-corrected chi connectivity index (χ2v) is 5.15. The topological polar surface area (TPSA) is 57.5 Å². The van der Waals surface area contributed by atoms with Gasteiger partial charge in [-0.15, -0.1) is 0 Å². The monoisotopic (exact) mass is 234 g/mol. The third kappa shape index (κ3) is 1.81. The van der Waals surface area contributed by atoms with Gasteiger partial charge >= 0.3 is 5.97 Å². The Morgan fingerprint density at radius 3 is 2.06 bits per heavy atom. The average molecular weight is 234 g/mol. The quantitative estimate of drug-likeness (QED) is 0.768. The number of alkyl halides is 2. The molecule has 5 heteroatoms. The molecule has 0 aromatic carbocycles. The molecule has 3 nitrogen and oxygen atoms in total. The third-order valence-electron chi connectivity index (χ3n) is 4.12. The Hall–Kier alpha value is -0.710. The van der Waals surface area contributed by atoms with Gasteiger partial charge in [-0.05, 0) is 31.6 Å². The van der Waals surface area contributed by atoms with Gasteiger partial charge in [0.2, 0.25) is 5.92 Å². The van der Waals surface area contributed by atoms with Crippen molar-refractivity contribution in [3.05, 3.63) is 0 Å². The van der Waals surface area contributed by atoms with Gasteiger partial charge in [0.15, 0.2) is 0 Å². The largest absolute Gasteiger partial charge is 0.481 e. The van der Waals surface area contributed by atoms with E-state index in [1.54, 1.807) is 0 Å². The first kappa shape index (κ1) is 11.8. The molecule has 2 saturated carbocycles. The first-order valence-corrected chi connectivity index (χ1v) is 5.65. The van der Waals surface area contributed by atoms with Crippen LogP contribution in [-0.2, 0) is 4.79 Å². The summed E-state index contributed by atoms with van der Waals surface area (Å²) < 4.78 is 25.9. The lowest BCUT2D eigenvalue weighted by Gasteiger charge is -2.49. The average Bonchev–Trinajstić information content (AvgIpc) is 2.12. The predicted octanol–water partition coefficient (Wildman–Crippen LogP) is 2.04. The standard InChI is InChI=1S/C11H16F2O3/c12-11(13)3-1-7(2-4-11)10(9(15)16)5-8(14)6-10/h7-8,14H,1-6H2,(H,15,16). The number of carbonyl (C=O) groups is 1. The summed E-state index contributed by atoms with van der Waals surface area (Å²) in [6.07, 6.45) is -0.0561. The molecule has 0 amide bonds. The molecule has 0 heterocycles. The van der Waals surface area contributed by atoms with Crippen LogP contribution in [0.15, 0.2) is 0 Å². The van der Waals surface area contributed by atoms with Crippen LogP contribution in [0.1, 0.15) is 38.5 Å². The van der Waals surface area contributed by atoms with E-state index in [2.05, 4.69) is 0 Å². The summed E-state index contributed by atoms with van der Waals surface area (Å²) in [6.45, 7) is 0. The van der Waals surface area contributed by atoms with Crippen LogP contribution >= 0.6 is 0 Å². The number of carboxylic acid groups (broad SMARTS) is 1. The van der Waals surface area contributed by atoms with E-state index in [9.17, 15) is 23.8 Å². The maximum absolute atomic E-state index is 13.0. The first-order chi connectivity index (χ1) is 7.36. The second kappa shape index (κ2) is 3.65. The highest BCUT2D eigenvalue weighted by molar-refractivity contribution is 5.76. The van der Waals surface area contributed by atoms with Crippen molar-refractivity contribution in [2.75, 3.05) is 0 Å². The first-order valence-electron chi connectivity index (χ1n) is 5.65. The lowest BCUT2D eigenvalue weighted by molar-refractivity contribution is -0.177. The summed E-state index contributed by atoms with van der Waals surface area (Å²) in [4.78, 5) is 11.2. The number of halogens is 2. The fourth-order valence-corrected chi connectivity index (χ4v) is 3.06. The van der Waals surface area contributed by atoms with Gasteiger partial charge < -0.3 is 10.2 Å². The fraction of sp³-hybridized carbons (Fsp3) is 0.909. The van der Waals surface area contributed by atoms with Crippen molar-refractivity contribution in [2.45, 2.75) is 50.6 Å². The van der Waals surface area contributed by atoms with Gasteiger partial charge in [0, 0.05) is 12.8 Å². The van der Waals surface area contributed by atoms with E-state index < -0.39 is 23.4 Å². The number of aliphatic hydroxyl groups excluding tert-OH is 1. The summed E-state index contributed by atoms with van der Waals surface area (Å²) >= 11 is 0. The third-order valence-corrected chi connectivity index (χ3v) is 4.12. The Bertz CT molecular complexity index is 288. The lowest BCUT2D eigenvalue weighted by Crippen LogP contribution is -2.53. The number of aliphatic hydroxyl groups is 1. The molecule has 2 rings (SSSR count). The van der Waals surface area contributed by atoms with Gasteiger partial charge in [0.05, 0.1) is 11.5 Å². The number of hydrogen-bond acceptors (Lipinski definition) is 2. The van der Waals surface area contributed by atoms with Crippen LogP contribution in [0.4, 0.5) is 8.78 Å². The minimum Gasteiger partial charge on any atom is -0.481 e. The fourth-order valence-electron chi connectivity index (χ4n) is 3.06. The highest BCUT2D eigenvalue weighted by atomic mass is 19.3. The number of carboxylic acids is 1. The Kier molecular flexibility index (Phi) is 2.69. The normalized spacial score (nSPS) is 39.1. The minimum absolute atomic E-state index is 0.201. The van der Waals surface area contributed by atoms with Crippen molar-refractivity contribution in [2.24, 2.45) is 11.3 Å². The van der Waals surface area contributed by atoms with Crippen LogP contribution in [-0.4, -0.2) is 28.2 Å². The predicted molar refractivity (Wildman–Crippen MR) is 52.2 cm³/mol. The molecule has 0 unspecified atom stereocenters. The van der Waals surface area contributed by atoms with Crippen molar-refractivity contribution in [1.82, 2.24) is 0 Å². The zero-order valence-corrected chi connectivity index (χ0v) is 8.96. The molecule has 2 aliphatic rings. The van der Waals surface area contributed by atoms with E-state index >= 15 is 0 Å². The maximum Gasteiger partial charge on any atom is 0.310 e. The summed E-state index contributed by atoms with van der Waals surface area (Å²) in [7, 11) is 0. The van der Waals surface area contributed by atoms with Crippen LogP contribution in [0.5, 0.6) is 0 Å². The Labute approximate surface area is 92.5 Å². The van der Waals surface area contributed by atoms with Gasteiger partial charge in [-0.1, -0.05) is 0 Å². The van der Waals surface area contributed by atoms with Gasteiger partial charge in [-0.2, -0.15) is 0 Å².